The fraction of sp³-hybridized carbons (Fsp3) is 0.368. The molecule has 3 rings (SSSR count). The third-order valence-corrected chi connectivity index (χ3v) is 4.10. The molecular formula is C19H22FNO3. The lowest BCUT2D eigenvalue weighted by atomic mass is 10.0. The van der Waals surface area contributed by atoms with Crippen LogP contribution in [0.2, 0.25) is 0 Å². The summed E-state index contributed by atoms with van der Waals surface area (Å²) in [7, 11) is 0. The van der Waals surface area contributed by atoms with Gasteiger partial charge in [-0.05, 0) is 37.1 Å². The molecule has 5 heteroatoms. The molecule has 1 aliphatic rings. The Hall–Kier alpha value is -2.11. The summed E-state index contributed by atoms with van der Waals surface area (Å²) in [5.41, 5.74) is 1.87. The van der Waals surface area contributed by atoms with Crippen LogP contribution in [0.15, 0.2) is 42.5 Å². The Morgan fingerprint density at radius 1 is 1.25 bits per heavy atom. The predicted molar refractivity (Wildman–Crippen MR) is 89.7 cm³/mol. The van der Waals surface area contributed by atoms with Crippen LogP contribution in [0.4, 0.5) is 4.39 Å². The van der Waals surface area contributed by atoms with E-state index in [1.54, 1.807) is 12.1 Å². The molecule has 0 amide bonds. The molecule has 1 atom stereocenters. The molecule has 24 heavy (non-hydrogen) atoms. The molecule has 0 fully saturated rings. The Labute approximate surface area is 141 Å². The van der Waals surface area contributed by atoms with Gasteiger partial charge in [0.05, 0.1) is 13.2 Å². The SMILES string of the molecule is OCCOc1ccccc1CNC1CCCOc2ccc(F)cc21. The molecule has 2 N–H and O–H groups in total. The molecule has 1 unspecified atom stereocenters. The van der Waals surface area contributed by atoms with E-state index in [9.17, 15) is 4.39 Å². The van der Waals surface area contributed by atoms with E-state index in [-0.39, 0.29) is 25.1 Å². The molecule has 0 aliphatic carbocycles. The van der Waals surface area contributed by atoms with Crippen molar-refractivity contribution >= 4 is 0 Å². The van der Waals surface area contributed by atoms with Crippen LogP contribution in [0, 0.1) is 5.82 Å². The highest BCUT2D eigenvalue weighted by molar-refractivity contribution is 5.38. The van der Waals surface area contributed by atoms with E-state index in [1.165, 1.54) is 6.07 Å². The molecule has 0 saturated carbocycles. The van der Waals surface area contributed by atoms with Gasteiger partial charge in [-0.15, -0.1) is 0 Å². The number of nitrogens with one attached hydrogen (secondary N) is 1. The van der Waals surface area contributed by atoms with Crippen molar-refractivity contribution in [2.75, 3.05) is 19.8 Å². The highest BCUT2D eigenvalue weighted by atomic mass is 19.1. The van der Waals surface area contributed by atoms with Gasteiger partial charge in [0.1, 0.15) is 23.9 Å². The van der Waals surface area contributed by atoms with Crippen molar-refractivity contribution in [1.82, 2.24) is 5.32 Å². The van der Waals surface area contributed by atoms with Gasteiger partial charge in [-0.2, -0.15) is 0 Å². The highest BCUT2D eigenvalue weighted by Crippen LogP contribution is 2.32. The van der Waals surface area contributed by atoms with Gasteiger partial charge in [-0.3, -0.25) is 0 Å². The Morgan fingerprint density at radius 3 is 3.00 bits per heavy atom. The number of aliphatic hydroxyl groups is 1. The fourth-order valence-electron chi connectivity index (χ4n) is 2.94. The van der Waals surface area contributed by atoms with Crippen molar-refractivity contribution in [3.05, 3.63) is 59.4 Å². The average Bonchev–Trinajstić information content (AvgIpc) is 2.80. The Kier molecular flexibility index (Phi) is 5.67. The van der Waals surface area contributed by atoms with Gasteiger partial charge < -0.3 is 19.9 Å². The van der Waals surface area contributed by atoms with E-state index in [2.05, 4.69) is 5.32 Å². The van der Waals surface area contributed by atoms with Crippen LogP contribution in [-0.2, 0) is 6.54 Å². The second-order valence-corrected chi connectivity index (χ2v) is 5.79. The first-order valence-electron chi connectivity index (χ1n) is 8.25. The van der Waals surface area contributed by atoms with E-state index in [0.717, 1.165) is 35.5 Å². The molecular weight excluding hydrogens is 309 g/mol. The number of hydrogen-bond acceptors (Lipinski definition) is 4. The zero-order chi connectivity index (χ0) is 16.8. The molecule has 0 saturated heterocycles. The van der Waals surface area contributed by atoms with Crippen LogP contribution in [0.25, 0.3) is 0 Å². The number of benzene rings is 2. The van der Waals surface area contributed by atoms with Crippen molar-refractivity contribution in [2.24, 2.45) is 0 Å². The van der Waals surface area contributed by atoms with E-state index in [1.807, 2.05) is 24.3 Å². The van der Waals surface area contributed by atoms with Crippen LogP contribution in [0.1, 0.15) is 30.0 Å². The van der Waals surface area contributed by atoms with Crippen LogP contribution >= 0.6 is 0 Å². The van der Waals surface area contributed by atoms with E-state index >= 15 is 0 Å². The van der Waals surface area contributed by atoms with Crippen molar-refractivity contribution in [3.8, 4) is 11.5 Å². The molecule has 0 spiro atoms. The minimum Gasteiger partial charge on any atom is -0.493 e. The molecule has 4 nitrogen and oxygen atoms in total. The minimum absolute atomic E-state index is 0.0195. The molecule has 2 aromatic rings. The zero-order valence-electron chi connectivity index (χ0n) is 13.5. The van der Waals surface area contributed by atoms with Crippen molar-refractivity contribution in [2.45, 2.75) is 25.4 Å². The molecule has 0 bridgehead atoms. The lowest BCUT2D eigenvalue weighted by Crippen LogP contribution is -2.21. The van der Waals surface area contributed by atoms with E-state index in [4.69, 9.17) is 14.6 Å². The van der Waals surface area contributed by atoms with Crippen LogP contribution < -0.4 is 14.8 Å². The van der Waals surface area contributed by atoms with Gasteiger partial charge in [0.25, 0.3) is 0 Å². The predicted octanol–water partition coefficient (Wildman–Crippen LogP) is 3.20. The molecule has 0 radical (unpaired) electrons. The summed E-state index contributed by atoms with van der Waals surface area (Å²) in [6.07, 6.45) is 1.80. The molecule has 2 aromatic carbocycles. The monoisotopic (exact) mass is 331 g/mol. The topological polar surface area (TPSA) is 50.7 Å². The first-order chi connectivity index (χ1) is 11.8. The quantitative estimate of drug-likeness (QED) is 0.853. The normalized spacial score (nSPS) is 16.8. The number of fused-ring (bicyclic) bond motifs is 1. The molecule has 1 aliphatic heterocycles. The number of para-hydroxylation sites is 1. The van der Waals surface area contributed by atoms with Crippen molar-refractivity contribution in [1.29, 1.82) is 0 Å². The smallest absolute Gasteiger partial charge is 0.124 e. The standard InChI is InChI=1S/C19H22FNO3/c20-15-7-8-19-16(12-15)17(5-3-10-23-19)21-13-14-4-1-2-6-18(14)24-11-9-22/h1-2,4,6-8,12,17,21-22H,3,5,9-11,13H2. The van der Waals surface area contributed by atoms with Gasteiger partial charge in [0.2, 0.25) is 0 Å². The van der Waals surface area contributed by atoms with E-state index < -0.39 is 0 Å². The lowest BCUT2D eigenvalue weighted by Gasteiger charge is -2.19. The first-order valence-corrected chi connectivity index (χ1v) is 8.25. The van der Waals surface area contributed by atoms with Crippen LogP contribution in [0.5, 0.6) is 11.5 Å². The third kappa shape index (κ3) is 4.04. The summed E-state index contributed by atoms with van der Waals surface area (Å²) >= 11 is 0. The van der Waals surface area contributed by atoms with Crippen LogP contribution in [0.3, 0.4) is 0 Å². The lowest BCUT2D eigenvalue weighted by molar-refractivity contribution is 0.200. The maximum atomic E-state index is 13.6. The van der Waals surface area contributed by atoms with Gasteiger partial charge in [0, 0.05) is 23.7 Å². The number of hydrogen-bond donors (Lipinski definition) is 2. The number of aliphatic hydroxyl groups excluding tert-OH is 1. The maximum Gasteiger partial charge on any atom is 0.124 e. The summed E-state index contributed by atoms with van der Waals surface area (Å²) in [6.45, 7) is 1.49. The van der Waals surface area contributed by atoms with Crippen LogP contribution in [-0.4, -0.2) is 24.9 Å². The van der Waals surface area contributed by atoms with Gasteiger partial charge in [-0.25, -0.2) is 4.39 Å². The Morgan fingerprint density at radius 2 is 2.12 bits per heavy atom. The largest absolute Gasteiger partial charge is 0.493 e. The average molecular weight is 331 g/mol. The Balaban J connectivity index is 1.74. The number of ether oxygens (including phenoxy) is 2. The summed E-state index contributed by atoms with van der Waals surface area (Å²) < 4.78 is 24.9. The zero-order valence-corrected chi connectivity index (χ0v) is 13.5. The number of rotatable bonds is 6. The summed E-state index contributed by atoms with van der Waals surface area (Å²) in [4.78, 5) is 0. The molecule has 128 valence electrons. The minimum atomic E-state index is -0.252. The second-order valence-electron chi connectivity index (χ2n) is 5.79. The Bertz CT molecular complexity index is 677. The summed E-state index contributed by atoms with van der Waals surface area (Å²) in [5, 5.41) is 12.4. The van der Waals surface area contributed by atoms with E-state index in [0.29, 0.717) is 13.2 Å². The molecule has 0 aromatic heterocycles. The summed E-state index contributed by atoms with van der Waals surface area (Å²) in [5.74, 6) is 1.25. The maximum absolute atomic E-state index is 13.6. The van der Waals surface area contributed by atoms with Crippen molar-refractivity contribution in [3.63, 3.8) is 0 Å². The van der Waals surface area contributed by atoms with Gasteiger partial charge in [0.15, 0.2) is 0 Å². The first kappa shape index (κ1) is 16.7. The second kappa shape index (κ2) is 8.13. The summed E-state index contributed by atoms with van der Waals surface area (Å²) in [6, 6.07) is 12.4. The highest BCUT2D eigenvalue weighted by Gasteiger charge is 2.20. The third-order valence-electron chi connectivity index (χ3n) is 4.10. The van der Waals surface area contributed by atoms with Gasteiger partial charge >= 0.3 is 0 Å². The van der Waals surface area contributed by atoms with Crippen molar-refractivity contribution < 1.29 is 19.0 Å². The fourth-order valence-corrected chi connectivity index (χ4v) is 2.94. The molecule has 1 heterocycles. The van der Waals surface area contributed by atoms with Gasteiger partial charge in [-0.1, -0.05) is 18.2 Å². The number of halogens is 1.